The van der Waals surface area contributed by atoms with Gasteiger partial charge in [0.15, 0.2) is 11.8 Å². The Morgan fingerprint density at radius 3 is 2.38 bits per heavy atom. The predicted molar refractivity (Wildman–Crippen MR) is 94.0 cm³/mol. The van der Waals surface area contributed by atoms with E-state index in [4.69, 9.17) is 39.5 Å². The van der Waals surface area contributed by atoms with Crippen molar-refractivity contribution in [2.24, 2.45) is 0 Å². The van der Waals surface area contributed by atoms with Crippen molar-refractivity contribution in [3.8, 4) is 0 Å². The van der Waals surface area contributed by atoms with Crippen molar-refractivity contribution in [1.29, 1.82) is 0 Å². The molecule has 1 aromatic heterocycles. The number of aryl methyl sites for hydroxylation is 1. The van der Waals surface area contributed by atoms with Crippen LogP contribution in [0.2, 0.25) is 15.1 Å². The standard InChI is InChI=1S/C16H13Cl3N2O3/c1-8-3-5-10(6-4-8)21-15(22)9(2)24-16(23)14-13(19)12(18)11(17)7-20-14/h3-7,9H,1-2H3,(H,21,22)/t9-/m1/s1. The lowest BCUT2D eigenvalue weighted by molar-refractivity contribution is -0.123. The molecule has 8 heteroatoms. The van der Waals surface area contributed by atoms with Gasteiger partial charge in [0.1, 0.15) is 0 Å². The van der Waals surface area contributed by atoms with Crippen LogP contribution in [0.15, 0.2) is 30.5 Å². The first kappa shape index (κ1) is 18.5. The number of ether oxygens (including phenoxy) is 1. The van der Waals surface area contributed by atoms with Gasteiger partial charge in [-0.3, -0.25) is 4.79 Å². The Kier molecular flexibility index (Phi) is 6.04. The van der Waals surface area contributed by atoms with Gasteiger partial charge in [-0.1, -0.05) is 52.5 Å². The molecule has 0 aliphatic rings. The molecular formula is C16H13Cl3N2O3. The third-order valence-corrected chi connectivity index (χ3v) is 4.32. The largest absolute Gasteiger partial charge is 0.448 e. The smallest absolute Gasteiger partial charge is 0.359 e. The van der Waals surface area contributed by atoms with Crippen molar-refractivity contribution < 1.29 is 14.3 Å². The number of carbonyl (C=O) groups excluding carboxylic acids is 2. The lowest BCUT2D eigenvalue weighted by atomic mass is 10.2. The molecule has 0 unspecified atom stereocenters. The average Bonchev–Trinajstić information content (AvgIpc) is 2.54. The fourth-order valence-corrected chi connectivity index (χ4v) is 2.29. The van der Waals surface area contributed by atoms with E-state index in [1.54, 1.807) is 12.1 Å². The molecule has 0 bridgehead atoms. The highest BCUT2D eigenvalue weighted by Crippen LogP contribution is 2.31. The third kappa shape index (κ3) is 4.38. The van der Waals surface area contributed by atoms with E-state index >= 15 is 0 Å². The maximum atomic E-state index is 12.1. The van der Waals surface area contributed by atoms with E-state index in [9.17, 15) is 9.59 Å². The van der Waals surface area contributed by atoms with Gasteiger partial charge in [0.2, 0.25) is 0 Å². The van der Waals surface area contributed by atoms with Gasteiger partial charge in [-0.25, -0.2) is 9.78 Å². The van der Waals surface area contributed by atoms with E-state index in [-0.39, 0.29) is 20.8 Å². The molecule has 0 saturated heterocycles. The van der Waals surface area contributed by atoms with Crippen LogP contribution in [0.25, 0.3) is 0 Å². The van der Waals surface area contributed by atoms with Crippen molar-refractivity contribution in [3.05, 3.63) is 56.8 Å². The summed E-state index contributed by atoms with van der Waals surface area (Å²) in [5.41, 5.74) is 1.45. The second-order valence-electron chi connectivity index (χ2n) is 4.99. The van der Waals surface area contributed by atoms with E-state index in [1.165, 1.54) is 13.1 Å². The number of amides is 1. The number of aromatic nitrogens is 1. The second kappa shape index (κ2) is 7.83. The Bertz CT molecular complexity index is 779. The summed E-state index contributed by atoms with van der Waals surface area (Å²) in [6, 6.07) is 7.20. The molecule has 0 aliphatic carbocycles. The molecule has 0 fully saturated rings. The van der Waals surface area contributed by atoms with Crippen LogP contribution in [0.1, 0.15) is 23.0 Å². The summed E-state index contributed by atoms with van der Waals surface area (Å²) in [6.07, 6.45) is 0.134. The highest BCUT2D eigenvalue weighted by atomic mass is 35.5. The molecule has 2 aromatic rings. The van der Waals surface area contributed by atoms with Crippen LogP contribution in [0.4, 0.5) is 5.69 Å². The molecule has 0 radical (unpaired) electrons. The third-order valence-electron chi connectivity index (χ3n) is 3.08. The highest BCUT2D eigenvalue weighted by Gasteiger charge is 2.23. The summed E-state index contributed by atoms with van der Waals surface area (Å²) in [7, 11) is 0. The quantitative estimate of drug-likeness (QED) is 0.782. The number of halogens is 3. The maximum Gasteiger partial charge on any atom is 0.359 e. The van der Waals surface area contributed by atoms with Crippen molar-refractivity contribution in [2.45, 2.75) is 20.0 Å². The number of benzene rings is 1. The summed E-state index contributed by atoms with van der Waals surface area (Å²) >= 11 is 17.5. The van der Waals surface area contributed by atoms with Gasteiger partial charge in [-0.2, -0.15) is 0 Å². The zero-order chi connectivity index (χ0) is 17.9. The first-order valence-electron chi connectivity index (χ1n) is 6.87. The minimum atomic E-state index is -1.05. The average molecular weight is 388 g/mol. The van der Waals surface area contributed by atoms with Crippen molar-refractivity contribution >= 4 is 52.4 Å². The normalized spacial score (nSPS) is 11.7. The molecule has 126 valence electrons. The Morgan fingerprint density at radius 1 is 1.12 bits per heavy atom. The maximum absolute atomic E-state index is 12.1. The summed E-state index contributed by atoms with van der Waals surface area (Å²) in [4.78, 5) is 28.0. The number of pyridine rings is 1. The Hall–Kier alpha value is -1.82. The van der Waals surface area contributed by atoms with Crippen molar-refractivity contribution in [1.82, 2.24) is 4.98 Å². The van der Waals surface area contributed by atoms with Crippen LogP contribution >= 0.6 is 34.8 Å². The van der Waals surface area contributed by atoms with Gasteiger partial charge in [-0.15, -0.1) is 0 Å². The molecule has 0 spiro atoms. The van der Waals surface area contributed by atoms with Crippen molar-refractivity contribution in [2.75, 3.05) is 5.32 Å². The minimum Gasteiger partial charge on any atom is -0.448 e. The van der Waals surface area contributed by atoms with Gasteiger partial charge >= 0.3 is 5.97 Å². The molecule has 0 saturated carbocycles. The molecule has 5 nitrogen and oxygen atoms in total. The van der Waals surface area contributed by atoms with Gasteiger partial charge in [-0.05, 0) is 26.0 Å². The number of nitrogens with one attached hydrogen (secondary N) is 1. The van der Waals surface area contributed by atoms with Crippen LogP contribution < -0.4 is 5.32 Å². The summed E-state index contributed by atoms with van der Waals surface area (Å²) in [5.74, 6) is -1.35. The van der Waals surface area contributed by atoms with E-state index in [0.717, 1.165) is 5.56 Å². The van der Waals surface area contributed by atoms with E-state index in [0.29, 0.717) is 5.69 Å². The Morgan fingerprint density at radius 2 is 1.75 bits per heavy atom. The first-order valence-corrected chi connectivity index (χ1v) is 8.01. The van der Waals surface area contributed by atoms with Crippen LogP contribution in [-0.2, 0) is 9.53 Å². The van der Waals surface area contributed by atoms with Gasteiger partial charge in [0.05, 0.1) is 15.1 Å². The number of hydrogen-bond donors (Lipinski definition) is 1. The topological polar surface area (TPSA) is 68.3 Å². The number of rotatable bonds is 4. The number of esters is 1. The van der Waals surface area contributed by atoms with Gasteiger partial charge in [0, 0.05) is 11.9 Å². The number of nitrogens with zero attached hydrogens (tertiary/aromatic N) is 1. The molecule has 24 heavy (non-hydrogen) atoms. The first-order chi connectivity index (χ1) is 11.3. The van der Waals surface area contributed by atoms with Crippen molar-refractivity contribution in [3.63, 3.8) is 0 Å². The number of carbonyl (C=O) groups is 2. The highest BCUT2D eigenvalue weighted by molar-refractivity contribution is 6.48. The number of anilines is 1. The zero-order valence-electron chi connectivity index (χ0n) is 12.8. The Balaban J connectivity index is 2.04. The molecule has 1 amide bonds. The van der Waals surface area contributed by atoms with E-state index in [1.807, 2.05) is 19.1 Å². The number of hydrogen-bond acceptors (Lipinski definition) is 4. The molecule has 0 aliphatic heterocycles. The monoisotopic (exact) mass is 386 g/mol. The molecule has 1 aromatic carbocycles. The fourth-order valence-electron chi connectivity index (χ4n) is 1.74. The lowest BCUT2D eigenvalue weighted by Gasteiger charge is -2.14. The summed E-state index contributed by atoms with van der Waals surface area (Å²) in [6.45, 7) is 3.37. The second-order valence-corrected chi connectivity index (χ2v) is 6.15. The van der Waals surface area contributed by atoms with E-state index < -0.39 is 18.0 Å². The molecule has 1 atom stereocenters. The van der Waals surface area contributed by atoms with E-state index in [2.05, 4.69) is 10.3 Å². The zero-order valence-corrected chi connectivity index (χ0v) is 15.0. The van der Waals surface area contributed by atoms with Crippen LogP contribution in [0, 0.1) is 6.92 Å². The lowest BCUT2D eigenvalue weighted by Crippen LogP contribution is -2.30. The SMILES string of the molecule is Cc1ccc(NC(=O)[C@@H](C)OC(=O)c2ncc(Cl)c(Cl)c2Cl)cc1. The predicted octanol–water partition coefficient (Wildman–Crippen LogP) is 4.53. The van der Waals surface area contributed by atoms with Gasteiger partial charge < -0.3 is 10.1 Å². The summed E-state index contributed by atoms with van der Waals surface area (Å²) in [5, 5.41) is 2.63. The van der Waals surface area contributed by atoms with Crippen LogP contribution in [-0.4, -0.2) is 23.0 Å². The molecule has 1 N–H and O–H groups in total. The van der Waals surface area contributed by atoms with Crippen LogP contribution in [0.5, 0.6) is 0 Å². The Labute approximate surface area is 153 Å². The fraction of sp³-hybridized carbons (Fsp3) is 0.188. The van der Waals surface area contributed by atoms with Crippen LogP contribution in [0.3, 0.4) is 0 Å². The molecule has 2 rings (SSSR count). The minimum absolute atomic E-state index is 0.00274. The van der Waals surface area contributed by atoms with Gasteiger partial charge in [0.25, 0.3) is 5.91 Å². The molecule has 1 heterocycles. The molecular weight excluding hydrogens is 375 g/mol. The summed E-state index contributed by atoms with van der Waals surface area (Å²) < 4.78 is 5.07.